The standard InChI is InChI=1S/C19H15ClF2N4O4/c20-16-11(6-7-30-16)14-12(9-26(25-14)19(21)22)18(29)24-13(15(27)17(23)28)8-10-4-2-1-3-5-10/h1-7,9,13,19H,8H2,(H2,23,28)(H,24,29). The molecule has 3 N–H and O–H groups in total. The Morgan fingerprint density at radius 2 is 1.90 bits per heavy atom. The first kappa shape index (κ1) is 21.2. The van der Waals surface area contributed by atoms with Gasteiger partial charge >= 0.3 is 6.55 Å². The summed E-state index contributed by atoms with van der Waals surface area (Å²) in [5.74, 6) is -3.18. The van der Waals surface area contributed by atoms with Crippen LogP contribution in [0.15, 0.2) is 53.3 Å². The second kappa shape index (κ2) is 8.87. The van der Waals surface area contributed by atoms with E-state index in [-0.39, 0.29) is 33.1 Å². The van der Waals surface area contributed by atoms with Crippen LogP contribution in [-0.2, 0) is 16.0 Å². The second-order valence-corrected chi connectivity index (χ2v) is 6.54. The Hall–Kier alpha value is -3.53. The van der Waals surface area contributed by atoms with E-state index < -0.39 is 30.2 Å². The third kappa shape index (κ3) is 4.54. The number of hydrogen-bond acceptors (Lipinski definition) is 5. The van der Waals surface area contributed by atoms with Crippen LogP contribution in [0, 0.1) is 0 Å². The van der Waals surface area contributed by atoms with Gasteiger partial charge in [-0.05, 0) is 23.2 Å². The number of benzene rings is 1. The van der Waals surface area contributed by atoms with Crippen molar-refractivity contribution in [3.63, 3.8) is 0 Å². The monoisotopic (exact) mass is 436 g/mol. The first-order chi connectivity index (χ1) is 14.3. The number of halogens is 3. The zero-order valence-corrected chi connectivity index (χ0v) is 16.0. The molecule has 2 amide bonds. The highest BCUT2D eigenvalue weighted by atomic mass is 35.5. The predicted molar refractivity (Wildman–Crippen MR) is 102 cm³/mol. The lowest BCUT2D eigenvalue weighted by Crippen LogP contribution is -2.47. The smallest absolute Gasteiger partial charge is 0.333 e. The molecule has 156 valence electrons. The number of amides is 2. The van der Waals surface area contributed by atoms with Gasteiger partial charge in [-0.1, -0.05) is 30.3 Å². The van der Waals surface area contributed by atoms with Gasteiger partial charge in [0.2, 0.25) is 11.0 Å². The fraction of sp³-hybridized carbons (Fsp3) is 0.158. The summed E-state index contributed by atoms with van der Waals surface area (Å²) in [4.78, 5) is 36.5. The van der Waals surface area contributed by atoms with Crippen molar-refractivity contribution in [2.24, 2.45) is 5.73 Å². The van der Waals surface area contributed by atoms with Gasteiger partial charge in [0.25, 0.3) is 11.8 Å². The van der Waals surface area contributed by atoms with E-state index in [0.29, 0.717) is 5.56 Å². The second-order valence-electron chi connectivity index (χ2n) is 6.20. The van der Waals surface area contributed by atoms with Crippen molar-refractivity contribution >= 4 is 29.2 Å². The minimum Gasteiger partial charge on any atom is -0.452 e. The Kier molecular flexibility index (Phi) is 6.26. The van der Waals surface area contributed by atoms with Crippen molar-refractivity contribution in [1.82, 2.24) is 15.1 Å². The van der Waals surface area contributed by atoms with E-state index in [4.69, 9.17) is 21.8 Å². The maximum Gasteiger partial charge on any atom is 0.333 e. The lowest BCUT2D eigenvalue weighted by molar-refractivity contribution is -0.137. The molecule has 0 saturated carbocycles. The Labute approximate surface area is 173 Å². The van der Waals surface area contributed by atoms with Gasteiger partial charge in [0.15, 0.2) is 0 Å². The van der Waals surface area contributed by atoms with Gasteiger partial charge in [-0.2, -0.15) is 13.9 Å². The highest BCUT2D eigenvalue weighted by Gasteiger charge is 2.29. The van der Waals surface area contributed by atoms with E-state index in [1.165, 1.54) is 12.3 Å². The van der Waals surface area contributed by atoms with Crippen LogP contribution < -0.4 is 11.1 Å². The summed E-state index contributed by atoms with van der Waals surface area (Å²) in [5.41, 5.74) is 5.40. The number of ketones is 1. The molecule has 3 aromatic rings. The van der Waals surface area contributed by atoms with Crippen molar-refractivity contribution in [1.29, 1.82) is 0 Å². The summed E-state index contributed by atoms with van der Waals surface area (Å²) in [6.45, 7) is -3.02. The van der Waals surface area contributed by atoms with Crippen LogP contribution in [0.3, 0.4) is 0 Å². The predicted octanol–water partition coefficient (Wildman–Crippen LogP) is 2.59. The molecule has 1 aromatic carbocycles. The van der Waals surface area contributed by atoms with Crippen LogP contribution in [0.2, 0.25) is 5.22 Å². The first-order valence-corrected chi connectivity index (χ1v) is 8.94. The molecule has 8 nitrogen and oxygen atoms in total. The summed E-state index contributed by atoms with van der Waals surface area (Å²) in [6, 6.07) is 8.63. The molecule has 0 fully saturated rings. The largest absolute Gasteiger partial charge is 0.452 e. The first-order valence-electron chi connectivity index (χ1n) is 8.57. The molecule has 0 spiro atoms. The molecule has 0 aliphatic heterocycles. The molecule has 1 atom stereocenters. The lowest BCUT2D eigenvalue weighted by Gasteiger charge is -2.16. The number of primary amides is 1. The fourth-order valence-electron chi connectivity index (χ4n) is 2.79. The molecule has 0 saturated heterocycles. The number of nitrogens with one attached hydrogen (secondary N) is 1. The van der Waals surface area contributed by atoms with Crippen molar-refractivity contribution in [2.75, 3.05) is 0 Å². The van der Waals surface area contributed by atoms with Crippen LogP contribution in [-0.4, -0.2) is 33.4 Å². The lowest BCUT2D eigenvalue weighted by atomic mass is 10.0. The quantitative estimate of drug-likeness (QED) is 0.526. The van der Waals surface area contributed by atoms with E-state index in [2.05, 4.69) is 10.4 Å². The maximum atomic E-state index is 13.1. The molecule has 30 heavy (non-hydrogen) atoms. The van der Waals surface area contributed by atoms with Gasteiger partial charge in [-0.15, -0.1) is 0 Å². The number of rotatable bonds is 8. The van der Waals surface area contributed by atoms with Gasteiger partial charge in [0.05, 0.1) is 17.4 Å². The number of alkyl halides is 2. The van der Waals surface area contributed by atoms with E-state index in [1.807, 2.05) is 0 Å². The number of nitrogens with two attached hydrogens (primary N) is 1. The molecule has 11 heteroatoms. The summed E-state index contributed by atoms with van der Waals surface area (Å²) in [7, 11) is 0. The summed E-state index contributed by atoms with van der Waals surface area (Å²) < 4.78 is 31.5. The Bertz CT molecular complexity index is 1080. The van der Waals surface area contributed by atoms with Crippen LogP contribution in [0.4, 0.5) is 8.78 Å². The highest BCUT2D eigenvalue weighted by Crippen LogP contribution is 2.31. The highest BCUT2D eigenvalue weighted by molar-refractivity contribution is 6.38. The molecule has 0 aliphatic rings. The number of carbonyl (C=O) groups is 3. The van der Waals surface area contributed by atoms with E-state index in [0.717, 1.165) is 6.20 Å². The normalized spacial score (nSPS) is 12.0. The SMILES string of the molecule is NC(=O)C(=O)C(Cc1ccccc1)NC(=O)c1cn(C(F)F)nc1-c1ccoc1Cl. The third-order valence-corrected chi connectivity index (χ3v) is 4.49. The van der Waals surface area contributed by atoms with Gasteiger partial charge in [0, 0.05) is 12.6 Å². The number of hydrogen-bond donors (Lipinski definition) is 2. The Morgan fingerprint density at radius 3 is 2.47 bits per heavy atom. The molecule has 3 rings (SSSR count). The van der Waals surface area contributed by atoms with Gasteiger partial charge < -0.3 is 15.5 Å². The number of nitrogens with zero attached hydrogens (tertiary/aromatic N) is 2. The number of aromatic nitrogens is 2. The molecule has 1 unspecified atom stereocenters. The third-order valence-electron chi connectivity index (χ3n) is 4.20. The molecule has 2 aromatic heterocycles. The Morgan fingerprint density at radius 1 is 1.20 bits per heavy atom. The molecular formula is C19H15ClF2N4O4. The van der Waals surface area contributed by atoms with Gasteiger partial charge in [0.1, 0.15) is 11.7 Å². The van der Waals surface area contributed by atoms with Gasteiger partial charge in [-0.25, -0.2) is 4.68 Å². The van der Waals surface area contributed by atoms with E-state index in [1.54, 1.807) is 30.3 Å². The molecule has 2 heterocycles. The van der Waals surface area contributed by atoms with E-state index in [9.17, 15) is 23.2 Å². The minimum absolute atomic E-state index is 0.0286. The van der Waals surface area contributed by atoms with Crippen LogP contribution in [0.5, 0.6) is 0 Å². The average molecular weight is 437 g/mol. The molecular weight excluding hydrogens is 422 g/mol. The molecule has 0 radical (unpaired) electrons. The zero-order chi connectivity index (χ0) is 21.8. The number of Topliss-reactive ketones (excluding diaryl/α,β-unsaturated/α-hetero) is 1. The van der Waals surface area contributed by atoms with Crippen molar-refractivity contribution < 1.29 is 27.6 Å². The maximum absolute atomic E-state index is 13.1. The van der Waals surface area contributed by atoms with E-state index >= 15 is 0 Å². The summed E-state index contributed by atoms with van der Waals surface area (Å²) >= 11 is 5.89. The van der Waals surface area contributed by atoms with Crippen LogP contribution >= 0.6 is 11.6 Å². The molecule has 0 bridgehead atoms. The fourth-order valence-corrected chi connectivity index (χ4v) is 2.99. The topological polar surface area (TPSA) is 120 Å². The molecule has 0 aliphatic carbocycles. The van der Waals surface area contributed by atoms with Crippen LogP contribution in [0.25, 0.3) is 11.3 Å². The van der Waals surface area contributed by atoms with Gasteiger partial charge in [-0.3, -0.25) is 14.4 Å². The zero-order valence-electron chi connectivity index (χ0n) is 15.2. The summed E-state index contributed by atoms with van der Waals surface area (Å²) in [6.07, 6.45) is 1.99. The Balaban J connectivity index is 1.94. The van der Waals surface area contributed by atoms with Crippen molar-refractivity contribution in [2.45, 2.75) is 19.0 Å². The average Bonchev–Trinajstić information content (AvgIpc) is 3.33. The number of carbonyl (C=O) groups excluding carboxylic acids is 3. The number of furan rings is 1. The summed E-state index contributed by atoms with van der Waals surface area (Å²) in [5, 5.41) is 5.91. The van der Waals surface area contributed by atoms with Crippen LogP contribution in [0.1, 0.15) is 22.5 Å². The minimum atomic E-state index is -3.02. The van der Waals surface area contributed by atoms with Crippen molar-refractivity contribution in [3.8, 4) is 11.3 Å². The van der Waals surface area contributed by atoms with Crippen molar-refractivity contribution in [3.05, 3.63) is 65.2 Å².